The zero-order chi connectivity index (χ0) is 14.8. The third-order valence-electron chi connectivity index (χ3n) is 3.83. The number of nitrogens with zero attached hydrogens (tertiary/aromatic N) is 1. The molecule has 1 fully saturated rings. The van der Waals surface area contributed by atoms with E-state index in [1.807, 2.05) is 11.0 Å². The Labute approximate surface area is 127 Å². The highest BCUT2D eigenvalue weighted by atomic mass is 32.1. The number of fused-ring (bicyclic) bond motifs is 1. The Kier molecular flexibility index (Phi) is 4.23. The van der Waals surface area contributed by atoms with E-state index in [4.69, 9.17) is 4.74 Å². The van der Waals surface area contributed by atoms with Crippen molar-refractivity contribution in [2.45, 2.75) is 19.1 Å². The minimum Gasteiger partial charge on any atom is -0.366 e. The number of amides is 2. The Morgan fingerprint density at radius 2 is 2.38 bits per heavy atom. The van der Waals surface area contributed by atoms with Crippen molar-refractivity contribution in [1.82, 2.24) is 15.5 Å². The first-order valence-electron chi connectivity index (χ1n) is 7.14. The summed E-state index contributed by atoms with van der Waals surface area (Å²) in [6, 6.07) is 1.90. The fourth-order valence-electron chi connectivity index (χ4n) is 2.68. The third kappa shape index (κ3) is 2.95. The van der Waals surface area contributed by atoms with Crippen LogP contribution in [0.1, 0.15) is 20.1 Å². The number of hydrogen-bond acceptors (Lipinski definition) is 5. The largest absolute Gasteiger partial charge is 0.366 e. The third-order valence-corrected chi connectivity index (χ3v) is 5.07. The van der Waals surface area contributed by atoms with Gasteiger partial charge in [-0.3, -0.25) is 9.59 Å². The molecule has 1 aromatic heterocycles. The summed E-state index contributed by atoms with van der Waals surface area (Å²) in [6.07, 6.45) is 0.431. The van der Waals surface area contributed by atoms with Crippen molar-refractivity contribution in [2.75, 3.05) is 33.3 Å². The molecule has 0 aliphatic carbocycles. The fraction of sp³-hybridized carbons (Fsp3) is 0.571. The van der Waals surface area contributed by atoms with Gasteiger partial charge in [0.1, 0.15) is 6.10 Å². The number of carbonyl (C=O) groups excluding carboxylic acids is 2. The molecular weight excluding hydrogens is 290 g/mol. The summed E-state index contributed by atoms with van der Waals surface area (Å²) in [4.78, 5) is 27.9. The van der Waals surface area contributed by atoms with E-state index in [0.29, 0.717) is 31.1 Å². The standard InChI is InChI=1S/C14H19N3O3S/c1-15-13(18)12-6-9-8-17(4-2-11(9)21-12)14(19)10-7-16-3-5-20-10/h6,10,16H,2-5,7-8H2,1H3,(H,15,18)/t10-/m1/s1. The summed E-state index contributed by atoms with van der Waals surface area (Å²) < 4.78 is 5.53. The lowest BCUT2D eigenvalue weighted by Crippen LogP contribution is -2.50. The molecule has 0 spiro atoms. The number of thiophene rings is 1. The Morgan fingerprint density at radius 3 is 3.10 bits per heavy atom. The molecule has 2 amide bonds. The Bertz CT molecular complexity index is 552. The Hall–Kier alpha value is -1.44. The lowest BCUT2D eigenvalue weighted by Gasteiger charge is -2.32. The monoisotopic (exact) mass is 309 g/mol. The van der Waals surface area contributed by atoms with Gasteiger partial charge in [0.25, 0.3) is 11.8 Å². The average Bonchev–Trinajstić information content (AvgIpc) is 2.97. The maximum atomic E-state index is 12.4. The van der Waals surface area contributed by atoms with Gasteiger partial charge in [-0.25, -0.2) is 0 Å². The molecule has 0 unspecified atom stereocenters. The summed E-state index contributed by atoms with van der Waals surface area (Å²) in [6.45, 7) is 3.22. The number of rotatable bonds is 2. The van der Waals surface area contributed by atoms with Gasteiger partial charge >= 0.3 is 0 Å². The predicted octanol–water partition coefficient (Wildman–Crippen LogP) is -0.0192. The lowest BCUT2D eigenvalue weighted by molar-refractivity contribution is -0.146. The second-order valence-corrected chi connectivity index (χ2v) is 6.35. The first-order chi connectivity index (χ1) is 10.2. The zero-order valence-electron chi connectivity index (χ0n) is 12.0. The lowest BCUT2D eigenvalue weighted by atomic mass is 10.1. The van der Waals surface area contributed by atoms with Crippen molar-refractivity contribution >= 4 is 23.2 Å². The molecule has 2 N–H and O–H groups in total. The van der Waals surface area contributed by atoms with Gasteiger partial charge in [-0.15, -0.1) is 11.3 Å². The normalized spacial score (nSPS) is 21.8. The van der Waals surface area contributed by atoms with Crippen molar-refractivity contribution in [3.8, 4) is 0 Å². The number of hydrogen-bond donors (Lipinski definition) is 2. The van der Waals surface area contributed by atoms with E-state index in [1.165, 1.54) is 16.2 Å². The SMILES string of the molecule is CNC(=O)c1cc2c(s1)CCN(C(=O)[C@H]1CNCCO1)C2. The molecule has 2 aliphatic rings. The van der Waals surface area contributed by atoms with Crippen molar-refractivity contribution in [3.63, 3.8) is 0 Å². The average molecular weight is 309 g/mol. The van der Waals surface area contributed by atoms with Gasteiger partial charge in [-0.2, -0.15) is 0 Å². The van der Waals surface area contributed by atoms with Gasteiger partial charge in [0.15, 0.2) is 0 Å². The van der Waals surface area contributed by atoms with E-state index >= 15 is 0 Å². The predicted molar refractivity (Wildman–Crippen MR) is 79.4 cm³/mol. The Morgan fingerprint density at radius 1 is 1.52 bits per heavy atom. The highest BCUT2D eigenvalue weighted by Crippen LogP contribution is 2.28. The van der Waals surface area contributed by atoms with Crippen LogP contribution in [0.25, 0.3) is 0 Å². The van der Waals surface area contributed by atoms with Gasteiger partial charge in [-0.1, -0.05) is 0 Å². The molecule has 2 aliphatic heterocycles. The summed E-state index contributed by atoms with van der Waals surface area (Å²) in [7, 11) is 1.63. The van der Waals surface area contributed by atoms with E-state index in [1.54, 1.807) is 7.05 Å². The fourth-order valence-corrected chi connectivity index (χ4v) is 3.79. The first-order valence-corrected chi connectivity index (χ1v) is 7.95. The van der Waals surface area contributed by atoms with Crippen LogP contribution in [0.4, 0.5) is 0 Å². The van der Waals surface area contributed by atoms with Crippen LogP contribution in [0.15, 0.2) is 6.07 Å². The smallest absolute Gasteiger partial charge is 0.261 e. The molecule has 6 nitrogen and oxygen atoms in total. The van der Waals surface area contributed by atoms with Gasteiger partial charge in [0.05, 0.1) is 11.5 Å². The van der Waals surface area contributed by atoms with Crippen molar-refractivity contribution in [1.29, 1.82) is 0 Å². The van der Waals surface area contributed by atoms with Crippen LogP contribution in [0.5, 0.6) is 0 Å². The molecule has 21 heavy (non-hydrogen) atoms. The first kappa shape index (κ1) is 14.5. The molecule has 1 aromatic rings. The van der Waals surface area contributed by atoms with E-state index in [-0.39, 0.29) is 17.9 Å². The topological polar surface area (TPSA) is 70.7 Å². The number of ether oxygens (including phenoxy) is 1. The van der Waals surface area contributed by atoms with Crippen LogP contribution in [-0.4, -0.2) is 56.1 Å². The molecule has 1 atom stereocenters. The minimum absolute atomic E-state index is 0.0422. The second kappa shape index (κ2) is 6.13. The molecular formula is C14H19N3O3S. The quantitative estimate of drug-likeness (QED) is 0.805. The van der Waals surface area contributed by atoms with Crippen LogP contribution in [0.2, 0.25) is 0 Å². The highest BCUT2D eigenvalue weighted by molar-refractivity contribution is 7.14. The van der Waals surface area contributed by atoms with E-state index in [9.17, 15) is 9.59 Å². The van der Waals surface area contributed by atoms with Crippen LogP contribution >= 0.6 is 11.3 Å². The van der Waals surface area contributed by atoms with Gasteiger partial charge in [0, 0.05) is 38.1 Å². The van der Waals surface area contributed by atoms with E-state index in [0.717, 1.165) is 18.5 Å². The van der Waals surface area contributed by atoms with E-state index < -0.39 is 0 Å². The van der Waals surface area contributed by atoms with E-state index in [2.05, 4.69) is 10.6 Å². The molecule has 3 heterocycles. The molecule has 0 bridgehead atoms. The van der Waals surface area contributed by atoms with Gasteiger partial charge in [0.2, 0.25) is 0 Å². The summed E-state index contributed by atoms with van der Waals surface area (Å²) in [5, 5.41) is 5.82. The Balaban J connectivity index is 1.70. The van der Waals surface area contributed by atoms with Crippen LogP contribution in [-0.2, 0) is 22.5 Å². The summed E-state index contributed by atoms with van der Waals surface area (Å²) >= 11 is 1.52. The molecule has 0 aromatic carbocycles. The zero-order valence-corrected chi connectivity index (χ0v) is 12.8. The minimum atomic E-state index is -0.377. The van der Waals surface area contributed by atoms with Crippen LogP contribution in [0.3, 0.4) is 0 Å². The van der Waals surface area contributed by atoms with Crippen molar-refractivity contribution < 1.29 is 14.3 Å². The van der Waals surface area contributed by atoms with Crippen LogP contribution in [0, 0.1) is 0 Å². The van der Waals surface area contributed by atoms with Crippen molar-refractivity contribution in [2.24, 2.45) is 0 Å². The van der Waals surface area contributed by atoms with Crippen molar-refractivity contribution in [3.05, 3.63) is 21.4 Å². The molecule has 0 saturated carbocycles. The number of morpholine rings is 1. The van der Waals surface area contributed by atoms with Crippen LogP contribution < -0.4 is 10.6 Å². The second-order valence-electron chi connectivity index (χ2n) is 5.21. The maximum absolute atomic E-state index is 12.4. The number of carbonyl (C=O) groups is 2. The summed E-state index contributed by atoms with van der Waals surface area (Å²) in [5.41, 5.74) is 1.09. The molecule has 1 saturated heterocycles. The molecule has 0 radical (unpaired) electrons. The number of nitrogens with one attached hydrogen (secondary N) is 2. The summed E-state index contributed by atoms with van der Waals surface area (Å²) in [5.74, 6) is -0.0207. The maximum Gasteiger partial charge on any atom is 0.261 e. The highest BCUT2D eigenvalue weighted by Gasteiger charge is 2.30. The molecule has 3 rings (SSSR count). The van der Waals surface area contributed by atoms with Gasteiger partial charge < -0.3 is 20.3 Å². The van der Waals surface area contributed by atoms with Gasteiger partial charge in [-0.05, 0) is 18.1 Å². The molecule has 114 valence electrons. The molecule has 7 heteroatoms.